The lowest BCUT2D eigenvalue weighted by atomic mass is 9.98. The summed E-state index contributed by atoms with van der Waals surface area (Å²) >= 11 is 0. The van der Waals surface area contributed by atoms with Gasteiger partial charge in [0.1, 0.15) is 5.75 Å². The summed E-state index contributed by atoms with van der Waals surface area (Å²) in [7, 11) is 1.68. The monoisotopic (exact) mass is 427 g/mol. The van der Waals surface area contributed by atoms with Gasteiger partial charge in [-0.1, -0.05) is 18.6 Å². The van der Waals surface area contributed by atoms with Gasteiger partial charge in [0.05, 0.1) is 7.11 Å². The molecule has 0 bridgehead atoms. The molecule has 3 aliphatic rings. The number of hydrogen-bond donors (Lipinski definition) is 0. The van der Waals surface area contributed by atoms with Gasteiger partial charge in [0.2, 0.25) is 17.7 Å². The number of rotatable bonds is 7. The number of ether oxygens (including phenoxy) is 1. The molecule has 3 saturated heterocycles. The van der Waals surface area contributed by atoms with E-state index in [-0.39, 0.29) is 43.5 Å². The van der Waals surface area contributed by atoms with Gasteiger partial charge in [-0.3, -0.25) is 24.2 Å². The molecule has 1 aromatic carbocycles. The van der Waals surface area contributed by atoms with Gasteiger partial charge in [-0.25, -0.2) is 0 Å². The molecule has 2 atom stereocenters. The molecule has 3 aliphatic heterocycles. The zero-order valence-electron chi connectivity index (χ0n) is 18.4. The second-order valence-electron chi connectivity index (χ2n) is 8.95. The Morgan fingerprint density at radius 3 is 2.48 bits per heavy atom. The first-order valence-electron chi connectivity index (χ1n) is 11.5. The van der Waals surface area contributed by atoms with E-state index in [0.29, 0.717) is 12.0 Å². The van der Waals surface area contributed by atoms with Gasteiger partial charge in [-0.05, 0) is 49.4 Å². The van der Waals surface area contributed by atoms with Crippen LogP contribution in [0.25, 0.3) is 0 Å². The molecule has 0 unspecified atom stereocenters. The van der Waals surface area contributed by atoms with Gasteiger partial charge in [-0.15, -0.1) is 0 Å². The fraction of sp³-hybridized carbons (Fsp3) is 0.625. The maximum Gasteiger partial charge on any atom is 0.229 e. The summed E-state index contributed by atoms with van der Waals surface area (Å²) in [6, 6.07) is 8.66. The van der Waals surface area contributed by atoms with E-state index >= 15 is 0 Å². The standard InChI is InChI=1S/C24H33N3O4/c1-31-20-7-5-18(6-8-20)11-14-25-13-3-2-4-19-16-26(17-21(19)25)22(28)12-15-27-23(29)9-10-24(27)30/h5-8,19,21H,2-4,9-17H2,1H3/t19-,21+/m0/s1. The molecular weight excluding hydrogens is 394 g/mol. The number of methoxy groups -OCH3 is 1. The maximum absolute atomic E-state index is 12.8. The average Bonchev–Trinajstić information content (AvgIpc) is 3.29. The first-order valence-corrected chi connectivity index (χ1v) is 11.5. The van der Waals surface area contributed by atoms with Crippen LogP contribution < -0.4 is 4.74 Å². The van der Waals surface area contributed by atoms with Crippen molar-refractivity contribution in [3.05, 3.63) is 29.8 Å². The Balaban J connectivity index is 1.32. The fourth-order valence-corrected chi connectivity index (χ4v) is 5.22. The maximum atomic E-state index is 12.8. The predicted octanol–water partition coefficient (Wildman–Crippen LogP) is 2.09. The number of hydrogen-bond acceptors (Lipinski definition) is 5. The second kappa shape index (κ2) is 9.81. The quantitative estimate of drug-likeness (QED) is 0.623. The molecule has 0 N–H and O–H groups in total. The van der Waals surface area contributed by atoms with Crippen LogP contribution in [0, 0.1) is 5.92 Å². The molecule has 4 rings (SSSR count). The molecule has 0 aromatic heterocycles. The van der Waals surface area contributed by atoms with Crippen molar-refractivity contribution in [3.63, 3.8) is 0 Å². The van der Waals surface area contributed by atoms with Crippen molar-refractivity contribution in [2.75, 3.05) is 39.8 Å². The van der Waals surface area contributed by atoms with Gasteiger partial charge in [-0.2, -0.15) is 0 Å². The highest BCUT2D eigenvalue weighted by molar-refractivity contribution is 6.02. The summed E-state index contributed by atoms with van der Waals surface area (Å²) in [5, 5.41) is 0. The summed E-state index contributed by atoms with van der Waals surface area (Å²) < 4.78 is 5.25. The van der Waals surface area contributed by atoms with E-state index in [9.17, 15) is 14.4 Å². The van der Waals surface area contributed by atoms with Crippen LogP contribution in [0.5, 0.6) is 5.75 Å². The van der Waals surface area contributed by atoms with Crippen LogP contribution in [0.15, 0.2) is 24.3 Å². The fourth-order valence-electron chi connectivity index (χ4n) is 5.22. The first kappa shape index (κ1) is 21.8. The zero-order valence-corrected chi connectivity index (χ0v) is 18.4. The van der Waals surface area contributed by atoms with Gasteiger partial charge in [0.25, 0.3) is 0 Å². The third-order valence-corrected chi connectivity index (χ3v) is 7.05. The summed E-state index contributed by atoms with van der Waals surface area (Å²) in [6.07, 6.45) is 5.37. The molecule has 7 nitrogen and oxygen atoms in total. The zero-order chi connectivity index (χ0) is 21.8. The van der Waals surface area contributed by atoms with Crippen molar-refractivity contribution in [1.82, 2.24) is 14.7 Å². The lowest BCUT2D eigenvalue weighted by Crippen LogP contribution is -2.42. The van der Waals surface area contributed by atoms with Crippen molar-refractivity contribution in [2.24, 2.45) is 5.92 Å². The SMILES string of the molecule is COc1ccc(CCN2CCCC[C@H]3CN(C(=O)CCN4C(=O)CCC4=O)C[C@H]32)cc1. The number of imide groups is 1. The molecule has 31 heavy (non-hydrogen) atoms. The topological polar surface area (TPSA) is 70.2 Å². The van der Waals surface area contributed by atoms with Crippen LogP contribution in [0.1, 0.15) is 44.1 Å². The summed E-state index contributed by atoms with van der Waals surface area (Å²) in [5.74, 6) is 1.16. The highest BCUT2D eigenvalue weighted by atomic mass is 16.5. The minimum Gasteiger partial charge on any atom is -0.497 e. The molecule has 7 heteroatoms. The van der Waals surface area contributed by atoms with Crippen LogP contribution in [-0.2, 0) is 20.8 Å². The van der Waals surface area contributed by atoms with Crippen molar-refractivity contribution >= 4 is 17.7 Å². The van der Waals surface area contributed by atoms with Crippen molar-refractivity contribution in [3.8, 4) is 5.75 Å². The van der Waals surface area contributed by atoms with Gasteiger partial charge in [0, 0.05) is 51.5 Å². The van der Waals surface area contributed by atoms with E-state index in [1.807, 2.05) is 17.0 Å². The van der Waals surface area contributed by atoms with E-state index in [1.54, 1.807) is 7.11 Å². The Labute approximate surface area is 184 Å². The molecule has 0 radical (unpaired) electrons. The summed E-state index contributed by atoms with van der Waals surface area (Å²) in [6.45, 7) is 3.85. The van der Waals surface area contributed by atoms with Crippen LogP contribution in [0.2, 0.25) is 0 Å². The minimum absolute atomic E-state index is 0.0654. The number of carbonyl (C=O) groups is 3. The molecule has 0 saturated carbocycles. The lowest BCUT2D eigenvalue weighted by molar-refractivity contribution is -0.139. The number of carbonyl (C=O) groups excluding carboxylic acids is 3. The molecule has 0 aliphatic carbocycles. The number of likely N-dealkylation sites (tertiary alicyclic amines) is 3. The Morgan fingerprint density at radius 1 is 1.03 bits per heavy atom. The van der Waals surface area contributed by atoms with E-state index in [2.05, 4.69) is 17.0 Å². The van der Waals surface area contributed by atoms with E-state index in [0.717, 1.165) is 44.8 Å². The molecule has 3 heterocycles. The minimum atomic E-state index is -0.144. The molecule has 3 fully saturated rings. The van der Waals surface area contributed by atoms with Crippen molar-refractivity contribution < 1.29 is 19.1 Å². The number of fused-ring (bicyclic) bond motifs is 1. The number of amides is 3. The molecule has 0 spiro atoms. The van der Waals surface area contributed by atoms with E-state index in [1.165, 1.54) is 23.3 Å². The first-order chi connectivity index (χ1) is 15.0. The van der Waals surface area contributed by atoms with Crippen LogP contribution in [0.3, 0.4) is 0 Å². The summed E-state index contributed by atoms with van der Waals surface area (Å²) in [5.41, 5.74) is 1.30. The Bertz CT molecular complexity index is 794. The average molecular weight is 428 g/mol. The third kappa shape index (κ3) is 5.09. The Hall–Kier alpha value is -2.41. The number of benzene rings is 1. The third-order valence-electron chi connectivity index (χ3n) is 7.05. The molecular formula is C24H33N3O4. The van der Waals surface area contributed by atoms with Gasteiger partial charge < -0.3 is 9.64 Å². The molecule has 1 aromatic rings. The molecule has 168 valence electrons. The van der Waals surface area contributed by atoms with Crippen molar-refractivity contribution in [1.29, 1.82) is 0 Å². The predicted molar refractivity (Wildman–Crippen MR) is 117 cm³/mol. The normalized spacial score (nSPS) is 24.4. The van der Waals surface area contributed by atoms with E-state index < -0.39 is 0 Å². The highest BCUT2D eigenvalue weighted by Gasteiger charge is 2.39. The Morgan fingerprint density at radius 2 is 1.77 bits per heavy atom. The smallest absolute Gasteiger partial charge is 0.229 e. The Kier molecular flexibility index (Phi) is 6.90. The van der Waals surface area contributed by atoms with Gasteiger partial charge >= 0.3 is 0 Å². The highest BCUT2D eigenvalue weighted by Crippen LogP contribution is 2.30. The lowest BCUT2D eigenvalue weighted by Gasteiger charge is -2.30. The van der Waals surface area contributed by atoms with Gasteiger partial charge in [0.15, 0.2) is 0 Å². The number of nitrogens with zero attached hydrogens (tertiary/aromatic N) is 3. The molecule has 3 amide bonds. The van der Waals surface area contributed by atoms with Crippen LogP contribution in [-0.4, -0.2) is 78.3 Å². The van der Waals surface area contributed by atoms with Crippen LogP contribution >= 0.6 is 0 Å². The largest absolute Gasteiger partial charge is 0.497 e. The van der Waals surface area contributed by atoms with E-state index in [4.69, 9.17) is 4.74 Å². The van der Waals surface area contributed by atoms with Crippen molar-refractivity contribution in [2.45, 2.75) is 51.0 Å². The van der Waals surface area contributed by atoms with Crippen LogP contribution in [0.4, 0.5) is 0 Å². The summed E-state index contributed by atoms with van der Waals surface area (Å²) in [4.78, 5) is 42.2. The second-order valence-corrected chi connectivity index (χ2v) is 8.95.